The number of carbonyl (C=O) groups excluding carboxylic acids is 1. The third-order valence-corrected chi connectivity index (χ3v) is 2.58. The summed E-state index contributed by atoms with van der Waals surface area (Å²) >= 11 is 0. The first-order valence-corrected chi connectivity index (χ1v) is 6.03. The van der Waals surface area contributed by atoms with E-state index in [1.807, 2.05) is 0 Å². The molecule has 0 radical (unpaired) electrons. The minimum atomic E-state index is -1.07. The molecule has 0 spiro atoms. The van der Waals surface area contributed by atoms with Gasteiger partial charge in [-0.2, -0.15) is 0 Å². The highest BCUT2D eigenvalue weighted by atomic mass is 16.4. The zero-order chi connectivity index (χ0) is 14.6. The molecule has 0 bridgehead atoms. The summed E-state index contributed by atoms with van der Waals surface area (Å²) < 4.78 is 5.28. The Bertz CT molecular complexity index is 456. The Morgan fingerprint density at radius 3 is 2.37 bits per heavy atom. The van der Waals surface area contributed by atoms with Crippen molar-refractivity contribution in [1.82, 2.24) is 15.6 Å². The van der Waals surface area contributed by atoms with Crippen LogP contribution in [0.15, 0.2) is 10.6 Å². The van der Waals surface area contributed by atoms with Gasteiger partial charge in [-0.15, -0.1) is 0 Å². The molecule has 1 aromatic heterocycles. The number of nitrogens with one attached hydrogen (secondary N) is 2. The summed E-state index contributed by atoms with van der Waals surface area (Å²) in [5.41, 5.74) is 0. The molecule has 1 rings (SSSR count). The summed E-state index contributed by atoms with van der Waals surface area (Å²) in [7, 11) is 0. The number of aliphatic carboxylic acids is 1. The maximum absolute atomic E-state index is 11.7. The van der Waals surface area contributed by atoms with Crippen molar-refractivity contribution < 1.29 is 19.1 Å². The van der Waals surface area contributed by atoms with Crippen molar-refractivity contribution in [1.29, 1.82) is 0 Å². The summed E-state index contributed by atoms with van der Waals surface area (Å²) in [6, 6.07) is -1.93. The molecule has 0 saturated heterocycles. The maximum Gasteiger partial charge on any atom is 0.326 e. The van der Waals surface area contributed by atoms with Gasteiger partial charge < -0.3 is 20.2 Å². The van der Waals surface area contributed by atoms with Crippen molar-refractivity contribution >= 4 is 12.0 Å². The molecule has 0 aliphatic rings. The lowest BCUT2D eigenvalue weighted by Gasteiger charge is -2.19. The highest BCUT2D eigenvalue weighted by Gasteiger charge is 2.24. The fourth-order valence-corrected chi connectivity index (χ4v) is 1.53. The standard InChI is InChI=1S/C12H19N3O4/c1-6(2)9(11(16)17)15-12(18)14-8(4)10-13-5-7(3)19-10/h5-6,8-9H,1-4H3,(H,16,17)(H2,14,15,18)/t8?,9-/m1/s1. The molecular weight excluding hydrogens is 250 g/mol. The van der Waals surface area contributed by atoms with Crippen LogP contribution in [-0.2, 0) is 4.79 Å². The number of rotatable bonds is 5. The molecule has 0 fully saturated rings. The van der Waals surface area contributed by atoms with Crippen molar-refractivity contribution in [2.24, 2.45) is 5.92 Å². The molecule has 3 N–H and O–H groups in total. The zero-order valence-electron chi connectivity index (χ0n) is 11.4. The number of carbonyl (C=O) groups is 2. The van der Waals surface area contributed by atoms with Gasteiger partial charge in [-0.05, 0) is 19.8 Å². The number of carboxylic acid groups (broad SMARTS) is 1. The van der Waals surface area contributed by atoms with E-state index < -0.39 is 24.1 Å². The smallest absolute Gasteiger partial charge is 0.326 e. The lowest BCUT2D eigenvalue weighted by atomic mass is 10.1. The van der Waals surface area contributed by atoms with Crippen LogP contribution >= 0.6 is 0 Å². The third kappa shape index (κ3) is 4.27. The van der Waals surface area contributed by atoms with E-state index in [9.17, 15) is 9.59 Å². The molecule has 2 atom stereocenters. The fourth-order valence-electron chi connectivity index (χ4n) is 1.53. The molecule has 106 valence electrons. The van der Waals surface area contributed by atoms with E-state index in [0.717, 1.165) is 0 Å². The van der Waals surface area contributed by atoms with Gasteiger partial charge in [-0.1, -0.05) is 13.8 Å². The minimum Gasteiger partial charge on any atom is -0.480 e. The van der Waals surface area contributed by atoms with E-state index in [4.69, 9.17) is 9.52 Å². The Hall–Kier alpha value is -2.05. The van der Waals surface area contributed by atoms with E-state index in [1.54, 1.807) is 33.9 Å². The van der Waals surface area contributed by atoms with Crippen molar-refractivity contribution in [3.63, 3.8) is 0 Å². The third-order valence-electron chi connectivity index (χ3n) is 2.58. The van der Waals surface area contributed by atoms with Gasteiger partial charge in [0.05, 0.1) is 6.20 Å². The number of carboxylic acids is 1. The van der Waals surface area contributed by atoms with Crippen molar-refractivity contribution in [2.45, 2.75) is 39.8 Å². The lowest BCUT2D eigenvalue weighted by molar-refractivity contribution is -0.140. The molecule has 0 saturated carbocycles. The van der Waals surface area contributed by atoms with Crippen molar-refractivity contribution in [3.8, 4) is 0 Å². The summed E-state index contributed by atoms with van der Waals surface area (Å²) in [4.78, 5) is 26.7. The largest absolute Gasteiger partial charge is 0.480 e. The number of urea groups is 1. The second-order valence-electron chi connectivity index (χ2n) is 4.71. The van der Waals surface area contributed by atoms with Crippen LogP contribution in [0.25, 0.3) is 0 Å². The van der Waals surface area contributed by atoms with Crippen LogP contribution in [-0.4, -0.2) is 28.1 Å². The Kier molecular flexibility index (Phi) is 4.91. The molecule has 7 heteroatoms. The van der Waals surface area contributed by atoms with E-state index in [1.165, 1.54) is 0 Å². The maximum atomic E-state index is 11.7. The monoisotopic (exact) mass is 269 g/mol. The molecule has 1 heterocycles. The van der Waals surface area contributed by atoms with Crippen molar-refractivity contribution in [3.05, 3.63) is 17.8 Å². The van der Waals surface area contributed by atoms with Gasteiger partial charge in [-0.3, -0.25) is 0 Å². The van der Waals surface area contributed by atoms with Crippen LogP contribution in [0.2, 0.25) is 0 Å². The Morgan fingerprint density at radius 2 is 1.95 bits per heavy atom. The molecule has 2 amide bonds. The predicted molar refractivity (Wildman–Crippen MR) is 67.6 cm³/mol. The summed E-state index contributed by atoms with van der Waals surface area (Å²) in [5.74, 6) is -0.244. The summed E-state index contributed by atoms with van der Waals surface area (Å²) in [6.45, 7) is 6.90. The normalized spacial score (nSPS) is 13.9. The number of hydrogen-bond donors (Lipinski definition) is 3. The van der Waals surface area contributed by atoms with Crippen LogP contribution in [0, 0.1) is 12.8 Å². The van der Waals surface area contributed by atoms with Crippen molar-refractivity contribution in [2.75, 3.05) is 0 Å². The van der Waals surface area contributed by atoms with E-state index >= 15 is 0 Å². The van der Waals surface area contributed by atoms with Gasteiger partial charge in [0, 0.05) is 0 Å². The average Bonchev–Trinajstić information content (AvgIpc) is 2.72. The highest BCUT2D eigenvalue weighted by molar-refractivity contribution is 5.82. The summed E-state index contributed by atoms with van der Waals surface area (Å²) in [5, 5.41) is 14.0. The van der Waals surface area contributed by atoms with Crippen LogP contribution in [0.5, 0.6) is 0 Å². The highest BCUT2D eigenvalue weighted by Crippen LogP contribution is 2.11. The second kappa shape index (κ2) is 6.21. The minimum absolute atomic E-state index is 0.206. The fraction of sp³-hybridized carbons (Fsp3) is 0.583. The lowest BCUT2D eigenvalue weighted by Crippen LogP contribution is -2.49. The second-order valence-corrected chi connectivity index (χ2v) is 4.71. The number of aryl methyl sites for hydroxylation is 1. The molecule has 0 aromatic carbocycles. The Labute approximate surface area is 111 Å². The zero-order valence-corrected chi connectivity index (χ0v) is 11.4. The SMILES string of the molecule is Cc1cnc(C(C)NC(=O)N[C@@H](C(=O)O)C(C)C)o1. The van der Waals surface area contributed by atoms with Gasteiger partial charge in [0.1, 0.15) is 17.8 Å². The molecule has 0 aliphatic heterocycles. The van der Waals surface area contributed by atoms with Gasteiger partial charge in [0.25, 0.3) is 0 Å². The average molecular weight is 269 g/mol. The molecule has 1 aromatic rings. The predicted octanol–water partition coefficient (Wildman–Crippen LogP) is 1.45. The first-order chi connectivity index (χ1) is 8.81. The Balaban J connectivity index is 2.57. The molecule has 19 heavy (non-hydrogen) atoms. The van der Waals surface area contributed by atoms with E-state index in [2.05, 4.69) is 15.6 Å². The van der Waals surface area contributed by atoms with Crippen LogP contribution in [0.1, 0.15) is 38.5 Å². The van der Waals surface area contributed by atoms with Crippen LogP contribution in [0.3, 0.4) is 0 Å². The Morgan fingerprint density at radius 1 is 1.32 bits per heavy atom. The van der Waals surface area contributed by atoms with Gasteiger partial charge in [-0.25, -0.2) is 14.6 Å². The molecule has 7 nitrogen and oxygen atoms in total. The topological polar surface area (TPSA) is 104 Å². The molecule has 0 aliphatic carbocycles. The quantitative estimate of drug-likeness (QED) is 0.750. The van der Waals surface area contributed by atoms with Gasteiger partial charge >= 0.3 is 12.0 Å². The van der Waals surface area contributed by atoms with Crippen LogP contribution < -0.4 is 10.6 Å². The van der Waals surface area contributed by atoms with E-state index in [-0.39, 0.29) is 5.92 Å². The number of hydrogen-bond acceptors (Lipinski definition) is 4. The number of oxazole rings is 1. The first kappa shape index (κ1) is 15.0. The summed E-state index contributed by atoms with van der Waals surface area (Å²) in [6.07, 6.45) is 1.56. The van der Waals surface area contributed by atoms with Gasteiger partial charge in [0.15, 0.2) is 0 Å². The molecular formula is C12H19N3O4. The van der Waals surface area contributed by atoms with E-state index in [0.29, 0.717) is 11.7 Å². The number of nitrogens with zero attached hydrogens (tertiary/aromatic N) is 1. The van der Waals surface area contributed by atoms with Gasteiger partial charge in [0.2, 0.25) is 5.89 Å². The molecule has 1 unspecified atom stereocenters. The van der Waals surface area contributed by atoms with Crippen LogP contribution in [0.4, 0.5) is 4.79 Å². The first-order valence-electron chi connectivity index (χ1n) is 6.03. The number of aromatic nitrogens is 1. The number of amides is 2.